The summed E-state index contributed by atoms with van der Waals surface area (Å²) in [5.74, 6) is 1.12. The van der Waals surface area contributed by atoms with Crippen LogP contribution in [0.3, 0.4) is 0 Å². The van der Waals surface area contributed by atoms with Crippen LogP contribution in [0.25, 0.3) is 0 Å². The van der Waals surface area contributed by atoms with Crippen molar-refractivity contribution in [1.29, 1.82) is 0 Å². The summed E-state index contributed by atoms with van der Waals surface area (Å²) >= 11 is 1.23. The fraction of sp³-hybridized carbons (Fsp3) is 0.385. The monoisotopic (exact) mass is 278 g/mol. The highest BCUT2D eigenvalue weighted by atomic mass is 32.2. The van der Waals surface area contributed by atoms with Crippen LogP contribution in [0.1, 0.15) is 23.7 Å². The normalized spacial score (nSPS) is 18.7. The van der Waals surface area contributed by atoms with Gasteiger partial charge >= 0.3 is 0 Å². The maximum atomic E-state index is 12.0. The number of aldehydes is 1. The average molecular weight is 278 g/mol. The fourth-order valence-electron chi connectivity index (χ4n) is 2.06. The second-order valence-corrected chi connectivity index (χ2v) is 5.61. The van der Waals surface area contributed by atoms with E-state index in [2.05, 4.69) is 4.98 Å². The van der Waals surface area contributed by atoms with Gasteiger partial charge in [0, 0.05) is 31.8 Å². The summed E-state index contributed by atoms with van der Waals surface area (Å²) < 4.78 is 0. The predicted octanol–water partition coefficient (Wildman–Crippen LogP) is 1.53. The molecule has 0 bridgehead atoms. The smallest absolute Gasteiger partial charge is 0.228 e. The molecule has 1 saturated heterocycles. The highest BCUT2D eigenvalue weighted by Crippen LogP contribution is 2.27. The molecule has 5 nitrogen and oxygen atoms in total. The standard InChI is InChI=1S/C13H14N2O3S/c1-9(17)19-8-10-5-12(18)15(6-10)13-11(7-16)3-2-4-14-13/h2-4,7,10H,5-6,8H2,1H3. The molecule has 0 spiro atoms. The zero-order valence-electron chi connectivity index (χ0n) is 10.5. The van der Waals surface area contributed by atoms with Crippen LogP contribution in [0, 0.1) is 5.92 Å². The van der Waals surface area contributed by atoms with E-state index >= 15 is 0 Å². The summed E-state index contributed by atoms with van der Waals surface area (Å²) in [5, 5.41) is 0.0531. The first kappa shape index (κ1) is 13.7. The van der Waals surface area contributed by atoms with Gasteiger partial charge in [0.25, 0.3) is 0 Å². The number of hydrogen-bond donors (Lipinski definition) is 0. The van der Waals surface area contributed by atoms with Crippen molar-refractivity contribution < 1.29 is 14.4 Å². The van der Waals surface area contributed by atoms with Gasteiger partial charge in [0.05, 0.1) is 5.56 Å². The van der Waals surface area contributed by atoms with Crippen LogP contribution in [0.2, 0.25) is 0 Å². The van der Waals surface area contributed by atoms with Crippen LogP contribution in [-0.2, 0) is 9.59 Å². The molecule has 0 aromatic carbocycles. The van der Waals surface area contributed by atoms with E-state index in [4.69, 9.17) is 0 Å². The molecule has 2 rings (SSSR count). The molecule has 1 atom stereocenters. The average Bonchev–Trinajstić information content (AvgIpc) is 2.77. The van der Waals surface area contributed by atoms with E-state index in [1.165, 1.54) is 23.6 Å². The SMILES string of the molecule is CC(=O)SCC1CC(=O)N(c2ncccc2C=O)C1. The number of carbonyl (C=O) groups is 3. The largest absolute Gasteiger partial charge is 0.298 e. The van der Waals surface area contributed by atoms with Gasteiger partial charge in [-0.25, -0.2) is 4.98 Å². The third kappa shape index (κ3) is 3.20. The number of anilines is 1. The number of carbonyl (C=O) groups excluding carboxylic acids is 3. The molecule has 0 aliphatic carbocycles. The van der Waals surface area contributed by atoms with Crippen molar-refractivity contribution in [3.63, 3.8) is 0 Å². The lowest BCUT2D eigenvalue weighted by molar-refractivity contribution is -0.117. The topological polar surface area (TPSA) is 67.3 Å². The molecule has 1 aromatic heterocycles. The van der Waals surface area contributed by atoms with Gasteiger partial charge < -0.3 is 0 Å². The van der Waals surface area contributed by atoms with Crippen molar-refractivity contribution >= 4 is 34.9 Å². The third-order valence-corrected chi connectivity index (χ3v) is 3.97. The van der Waals surface area contributed by atoms with Crippen molar-refractivity contribution in [2.75, 3.05) is 17.2 Å². The molecule has 1 aliphatic rings. The minimum atomic E-state index is -0.0454. The number of amides is 1. The predicted molar refractivity (Wildman–Crippen MR) is 73.2 cm³/mol. The van der Waals surface area contributed by atoms with E-state index in [1.807, 2.05) is 0 Å². The number of thioether (sulfide) groups is 1. The van der Waals surface area contributed by atoms with Crippen molar-refractivity contribution in [3.05, 3.63) is 23.9 Å². The molecule has 1 aliphatic heterocycles. The minimum absolute atomic E-state index is 0.0454. The number of hydrogen-bond acceptors (Lipinski definition) is 5. The zero-order chi connectivity index (χ0) is 13.8. The molecular weight excluding hydrogens is 264 g/mol. The Kier molecular flexibility index (Phi) is 4.31. The Morgan fingerprint density at radius 2 is 2.42 bits per heavy atom. The fourth-order valence-corrected chi connectivity index (χ4v) is 2.75. The molecular formula is C13H14N2O3S. The van der Waals surface area contributed by atoms with Gasteiger partial charge in [0.15, 0.2) is 11.4 Å². The molecule has 100 valence electrons. The van der Waals surface area contributed by atoms with Gasteiger partial charge in [0.1, 0.15) is 5.82 Å². The van der Waals surface area contributed by atoms with Gasteiger partial charge in [-0.2, -0.15) is 0 Å². The van der Waals surface area contributed by atoms with Crippen LogP contribution in [0.15, 0.2) is 18.3 Å². The van der Waals surface area contributed by atoms with Crippen LogP contribution < -0.4 is 4.90 Å². The summed E-state index contributed by atoms with van der Waals surface area (Å²) in [5.41, 5.74) is 0.413. The molecule has 1 aromatic rings. The van der Waals surface area contributed by atoms with Gasteiger partial charge in [0.2, 0.25) is 5.91 Å². The van der Waals surface area contributed by atoms with Crippen molar-refractivity contribution in [2.45, 2.75) is 13.3 Å². The first-order valence-corrected chi connectivity index (χ1v) is 6.94. The quantitative estimate of drug-likeness (QED) is 0.781. The Bertz CT molecular complexity index is 518. The van der Waals surface area contributed by atoms with Gasteiger partial charge in [-0.3, -0.25) is 19.3 Å². The molecule has 1 amide bonds. The summed E-state index contributed by atoms with van der Waals surface area (Å²) in [4.78, 5) is 39.5. The Hall–Kier alpha value is -1.69. The summed E-state index contributed by atoms with van der Waals surface area (Å²) in [7, 11) is 0. The Morgan fingerprint density at radius 3 is 3.11 bits per heavy atom. The first-order chi connectivity index (χ1) is 9.11. The molecule has 6 heteroatoms. The second kappa shape index (κ2) is 5.97. The number of aromatic nitrogens is 1. The van der Waals surface area contributed by atoms with Gasteiger partial charge in [-0.1, -0.05) is 11.8 Å². The minimum Gasteiger partial charge on any atom is -0.298 e. The Labute approximate surface area is 115 Å². The third-order valence-electron chi connectivity index (χ3n) is 2.93. The number of pyridine rings is 1. The lowest BCUT2D eigenvalue weighted by Crippen LogP contribution is -2.27. The van der Waals surface area contributed by atoms with Gasteiger partial charge in [-0.05, 0) is 18.1 Å². The highest BCUT2D eigenvalue weighted by Gasteiger charge is 2.32. The lowest BCUT2D eigenvalue weighted by atomic mass is 10.1. The summed E-state index contributed by atoms with van der Waals surface area (Å²) in [6.45, 7) is 2.03. The number of nitrogens with zero attached hydrogens (tertiary/aromatic N) is 2. The molecule has 2 heterocycles. The molecule has 1 fully saturated rings. The first-order valence-electron chi connectivity index (χ1n) is 5.95. The van der Waals surface area contributed by atoms with E-state index in [-0.39, 0.29) is 16.9 Å². The van der Waals surface area contributed by atoms with E-state index in [0.717, 1.165) is 0 Å². The Balaban J connectivity index is 2.11. The maximum Gasteiger partial charge on any atom is 0.228 e. The molecule has 19 heavy (non-hydrogen) atoms. The van der Waals surface area contributed by atoms with E-state index in [0.29, 0.717) is 36.4 Å². The molecule has 1 unspecified atom stereocenters. The highest BCUT2D eigenvalue weighted by molar-refractivity contribution is 8.13. The molecule has 0 N–H and O–H groups in total. The van der Waals surface area contributed by atoms with Crippen LogP contribution >= 0.6 is 11.8 Å². The molecule has 0 radical (unpaired) electrons. The van der Waals surface area contributed by atoms with Crippen LogP contribution in [-0.4, -0.2) is 34.6 Å². The van der Waals surface area contributed by atoms with E-state index < -0.39 is 0 Å². The van der Waals surface area contributed by atoms with Crippen LogP contribution in [0.4, 0.5) is 5.82 Å². The summed E-state index contributed by atoms with van der Waals surface area (Å²) in [6, 6.07) is 3.30. The zero-order valence-corrected chi connectivity index (χ0v) is 11.4. The Morgan fingerprint density at radius 1 is 1.63 bits per heavy atom. The van der Waals surface area contributed by atoms with E-state index in [1.54, 1.807) is 18.3 Å². The van der Waals surface area contributed by atoms with Crippen LogP contribution in [0.5, 0.6) is 0 Å². The van der Waals surface area contributed by atoms with Gasteiger partial charge in [-0.15, -0.1) is 0 Å². The maximum absolute atomic E-state index is 12.0. The second-order valence-electron chi connectivity index (χ2n) is 4.41. The number of rotatable bonds is 4. The van der Waals surface area contributed by atoms with Crippen molar-refractivity contribution in [2.24, 2.45) is 5.92 Å². The lowest BCUT2D eigenvalue weighted by Gasteiger charge is -2.16. The molecule has 0 saturated carbocycles. The van der Waals surface area contributed by atoms with Crippen molar-refractivity contribution in [3.8, 4) is 0 Å². The van der Waals surface area contributed by atoms with E-state index in [9.17, 15) is 14.4 Å². The van der Waals surface area contributed by atoms with Crippen molar-refractivity contribution in [1.82, 2.24) is 4.98 Å². The summed E-state index contributed by atoms with van der Waals surface area (Å²) in [6.07, 6.45) is 2.66.